The van der Waals surface area contributed by atoms with Crippen LogP contribution in [-0.4, -0.2) is 14.5 Å². The standard InChI is InChI=1S/C14H9ClN4/c1-16-11-4-2-10(3-5-11)9-19-13-6-7-17-8-12(13)18-14(19)15/h2-8H,9H2. The minimum absolute atomic E-state index is 0.442. The van der Waals surface area contributed by atoms with E-state index in [1.54, 1.807) is 24.5 Å². The third-order valence-corrected chi connectivity index (χ3v) is 3.20. The van der Waals surface area contributed by atoms with Crippen LogP contribution in [0.5, 0.6) is 0 Å². The Hall–Kier alpha value is -2.38. The lowest BCUT2D eigenvalue weighted by atomic mass is 10.2. The topological polar surface area (TPSA) is 35.1 Å². The molecule has 0 N–H and O–H groups in total. The molecule has 2 aromatic heterocycles. The van der Waals surface area contributed by atoms with Crippen LogP contribution in [0.3, 0.4) is 0 Å². The zero-order valence-electron chi connectivity index (χ0n) is 9.92. The van der Waals surface area contributed by atoms with Gasteiger partial charge in [-0.05, 0) is 23.2 Å². The third kappa shape index (κ3) is 2.16. The Morgan fingerprint density at radius 3 is 2.74 bits per heavy atom. The summed E-state index contributed by atoms with van der Waals surface area (Å²) < 4.78 is 1.92. The number of fused-ring (bicyclic) bond motifs is 1. The molecular formula is C14H9ClN4. The van der Waals surface area contributed by atoms with Gasteiger partial charge in [-0.2, -0.15) is 0 Å². The van der Waals surface area contributed by atoms with Crippen molar-refractivity contribution in [2.24, 2.45) is 0 Å². The van der Waals surface area contributed by atoms with Crippen molar-refractivity contribution in [1.82, 2.24) is 14.5 Å². The Bertz CT molecular complexity index is 768. The van der Waals surface area contributed by atoms with Gasteiger partial charge >= 0.3 is 0 Å². The molecule has 0 fully saturated rings. The molecule has 0 saturated carbocycles. The van der Waals surface area contributed by atoms with Crippen molar-refractivity contribution in [3.63, 3.8) is 0 Å². The summed E-state index contributed by atoms with van der Waals surface area (Å²) >= 11 is 6.15. The molecule has 0 aliphatic heterocycles. The summed E-state index contributed by atoms with van der Waals surface area (Å²) in [6.07, 6.45) is 3.42. The number of hydrogen-bond acceptors (Lipinski definition) is 2. The highest BCUT2D eigenvalue weighted by Gasteiger charge is 2.08. The van der Waals surface area contributed by atoms with Crippen LogP contribution in [0.2, 0.25) is 5.28 Å². The summed E-state index contributed by atoms with van der Waals surface area (Å²) in [5, 5.41) is 0.442. The van der Waals surface area contributed by atoms with Crippen molar-refractivity contribution >= 4 is 28.3 Å². The fraction of sp³-hybridized carbons (Fsp3) is 0.0714. The average Bonchev–Trinajstić information content (AvgIpc) is 2.76. The zero-order chi connectivity index (χ0) is 13.2. The molecule has 3 aromatic rings. The van der Waals surface area contributed by atoms with Gasteiger partial charge in [0.05, 0.1) is 24.8 Å². The van der Waals surface area contributed by atoms with Crippen LogP contribution in [0.1, 0.15) is 5.56 Å². The van der Waals surface area contributed by atoms with Crippen LogP contribution in [0.15, 0.2) is 42.7 Å². The van der Waals surface area contributed by atoms with Crippen LogP contribution in [0.4, 0.5) is 5.69 Å². The smallest absolute Gasteiger partial charge is 0.204 e. The number of rotatable bonds is 2. The lowest BCUT2D eigenvalue weighted by Gasteiger charge is -2.06. The maximum Gasteiger partial charge on any atom is 0.204 e. The first-order valence-corrected chi connectivity index (χ1v) is 6.08. The number of halogens is 1. The monoisotopic (exact) mass is 268 g/mol. The van der Waals surface area contributed by atoms with E-state index in [1.807, 2.05) is 22.8 Å². The normalized spacial score (nSPS) is 10.5. The van der Waals surface area contributed by atoms with Gasteiger partial charge in [0.15, 0.2) is 5.69 Å². The molecule has 19 heavy (non-hydrogen) atoms. The van der Waals surface area contributed by atoms with E-state index in [0.717, 1.165) is 16.6 Å². The van der Waals surface area contributed by atoms with E-state index < -0.39 is 0 Å². The minimum atomic E-state index is 0.442. The predicted molar refractivity (Wildman–Crippen MR) is 74.3 cm³/mol. The van der Waals surface area contributed by atoms with Crippen molar-refractivity contribution < 1.29 is 0 Å². The van der Waals surface area contributed by atoms with Crippen LogP contribution in [0, 0.1) is 6.57 Å². The molecule has 0 unspecified atom stereocenters. The number of hydrogen-bond donors (Lipinski definition) is 0. The van der Waals surface area contributed by atoms with Gasteiger partial charge in [-0.3, -0.25) is 4.98 Å². The molecule has 0 aliphatic carbocycles. The van der Waals surface area contributed by atoms with Crippen molar-refractivity contribution in [3.8, 4) is 0 Å². The number of imidazole rings is 1. The molecule has 5 heteroatoms. The second kappa shape index (κ2) is 4.71. The second-order valence-electron chi connectivity index (χ2n) is 4.11. The Labute approximate surface area is 115 Å². The van der Waals surface area contributed by atoms with Gasteiger partial charge < -0.3 is 4.57 Å². The molecule has 0 atom stereocenters. The molecular weight excluding hydrogens is 260 g/mol. The molecule has 2 heterocycles. The number of nitrogens with zero attached hydrogens (tertiary/aromatic N) is 4. The molecule has 0 spiro atoms. The second-order valence-corrected chi connectivity index (χ2v) is 4.45. The quantitative estimate of drug-likeness (QED) is 0.665. The minimum Gasteiger partial charge on any atom is -0.310 e. The lowest BCUT2D eigenvalue weighted by Crippen LogP contribution is -1.99. The maximum absolute atomic E-state index is 6.93. The van der Waals surface area contributed by atoms with Gasteiger partial charge in [-0.15, -0.1) is 0 Å². The molecule has 0 saturated heterocycles. The van der Waals surface area contributed by atoms with Crippen LogP contribution >= 0.6 is 11.6 Å². The van der Waals surface area contributed by atoms with Crippen molar-refractivity contribution in [2.45, 2.75) is 6.54 Å². The van der Waals surface area contributed by atoms with Gasteiger partial charge in [0, 0.05) is 6.20 Å². The van der Waals surface area contributed by atoms with E-state index in [0.29, 0.717) is 17.5 Å². The Morgan fingerprint density at radius 1 is 1.21 bits per heavy atom. The summed E-state index contributed by atoms with van der Waals surface area (Å²) in [5.41, 5.74) is 3.44. The molecule has 0 bridgehead atoms. The predicted octanol–water partition coefficient (Wildman–Crippen LogP) is 3.68. The van der Waals surface area contributed by atoms with Crippen molar-refractivity contribution in [3.05, 3.63) is 65.0 Å². The fourth-order valence-electron chi connectivity index (χ4n) is 1.96. The van der Waals surface area contributed by atoms with Crippen LogP contribution in [0.25, 0.3) is 15.9 Å². The third-order valence-electron chi connectivity index (χ3n) is 2.91. The van der Waals surface area contributed by atoms with Gasteiger partial charge in [-0.1, -0.05) is 24.3 Å². The van der Waals surface area contributed by atoms with Gasteiger partial charge in [0.1, 0.15) is 5.52 Å². The van der Waals surface area contributed by atoms with E-state index >= 15 is 0 Å². The Morgan fingerprint density at radius 2 is 2.00 bits per heavy atom. The molecule has 0 aliphatic rings. The van der Waals surface area contributed by atoms with Crippen molar-refractivity contribution in [1.29, 1.82) is 0 Å². The van der Waals surface area contributed by atoms with Crippen LogP contribution in [-0.2, 0) is 6.54 Å². The van der Waals surface area contributed by atoms with E-state index in [9.17, 15) is 0 Å². The molecule has 4 nitrogen and oxygen atoms in total. The van der Waals surface area contributed by atoms with Crippen LogP contribution < -0.4 is 0 Å². The van der Waals surface area contributed by atoms with E-state index in [4.69, 9.17) is 18.2 Å². The van der Waals surface area contributed by atoms with Gasteiger partial charge in [0.2, 0.25) is 5.28 Å². The number of benzene rings is 1. The first kappa shape index (κ1) is 11.7. The molecule has 92 valence electrons. The molecule has 3 rings (SSSR count). The Balaban J connectivity index is 2.00. The molecule has 0 amide bonds. The first-order valence-electron chi connectivity index (χ1n) is 5.70. The Kier molecular flexibility index (Phi) is 2.90. The van der Waals surface area contributed by atoms with Gasteiger partial charge in [-0.25, -0.2) is 9.83 Å². The number of aromatic nitrogens is 3. The van der Waals surface area contributed by atoms with E-state index in [-0.39, 0.29) is 0 Å². The van der Waals surface area contributed by atoms with Gasteiger partial charge in [0.25, 0.3) is 0 Å². The molecule has 1 aromatic carbocycles. The summed E-state index contributed by atoms with van der Waals surface area (Å²) in [6.45, 7) is 7.56. The summed E-state index contributed by atoms with van der Waals surface area (Å²) in [7, 11) is 0. The lowest BCUT2D eigenvalue weighted by molar-refractivity contribution is 0.825. The zero-order valence-corrected chi connectivity index (χ0v) is 10.7. The number of pyridine rings is 1. The SMILES string of the molecule is [C-]#[N+]c1ccc(Cn2c(Cl)nc3cnccc32)cc1. The average molecular weight is 269 g/mol. The summed E-state index contributed by atoms with van der Waals surface area (Å²) in [5.74, 6) is 0. The summed E-state index contributed by atoms with van der Waals surface area (Å²) in [4.78, 5) is 11.7. The van der Waals surface area contributed by atoms with E-state index in [1.165, 1.54) is 0 Å². The fourth-order valence-corrected chi connectivity index (χ4v) is 2.20. The highest BCUT2D eigenvalue weighted by molar-refractivity contribution is 6.29. The summed E-state index contributed by atoms with van der Waals surface area (Å²) in [6, 6.07) is 9.35. The highest BCUT2D eigenvalue weighted by Crippen LogP contribution is 2.21. The first-order chi connectivity index (χ1) is 9.28. The van der Waals surface area contributed by atoms with E-state index in [2.05, 4.69) is 14.8 Å². The van der Waals surface area contributed by atoms with Crippen molar-refractivity contribution in [2.75, 3.05) is 0 Å². The largest absolute Gasteiger partial charge is 0.310 e. The highest BCUT2D eigenvalue weighted by atomic mass is 35.5. The maximum atomic E-state index is 6.93. The molecule has 0 radical (unpaired) electrons.